The zero-order valence-electron chi connectivity index (χ0n) is 9.94. The lowest BCUT2D eigenvalue weighted by Gasteiger charge is -2.08. The predicted molar refractivity (Wildman–Crippen MR) is 75.2 cm³/mol. The molecule has 0 aliphatic carbocycles. The van der Waals surface area contributed by atoms with Gasteiger partial charge in [-0.05, 0) is 46.9 Å². The van der Waals surface area contributed by atoms with E-state index in [0.29, 0.717) is 5.22 Å². The zero-order chi connectivity index (χ0) is 13.4. The van der Waals surface area contributed by atoms with Crippen molar-refractivity contribution in [2.24, 2.45) is 0 Å². The third-order valence-corrected chi connectivity index (χ3v) is 4.68. The predicted octanol–water partition coefficient (Wildman–Crippen LogP) is 2.80. The Morgan fingerprint density at radius 2 is 2.37 bits per heavy atom. The summed E-state index contributed by atoms with van der Waals surface area (Å²) in [5, 5.41) is 6.42. The number of fused-ring (bicyclic) bond motifs is 1. The van der Waals surface area contributed by atoms with Crippen molar-refractivity contribution >= 4 is 39.3 Å². The van der Waals surface area contributed by atoms with Gasteiger partial charge >= 0.3 is 0 Å². The van der Waals surface area contributed by atoms with Crippen molar-refractivity contribution in [3.63, 3.8) is 0 Å². The van der Waals surface area contributed by atoms with Gasteiger partial charge in [0.15, 0.2) is 0 Å². The van der Waals surface area contributed by atoms with Crippen LogP contribution in [0.2, 0.25) is 0 Å². The van der Waals surface area contributed by atoms with Crippen molar-refractivity contribution in [2.45, 2.75) is 16.2 Å². The molecule has 7 heteroatoms. The van der Waals surface area contributed by atoms with E-state index in [0.717, 1.165) is 20.6 Å². The third kappa shape index (κ3) is 2.29. The smallest absolute Gasteiger partial charge is 0.260 e. The number of hydrogen-bond acceptors (Lipinski definition) is 5. The Morgan fingerprint density at radius 1 is 1.53 bits per heavy atom. The van der Waals surface area contributed by atoms with Crippen LogP contribution in [0.15, 0.2) is 43.6 Å². The molecule has 1 aromatic carbocycles. The molecule has 0 spiro atoms. The molecule has 98 valence electrons. The van der Waals surface area contributed by atoms with Gasteiger partial charge in [-0.3, -0.25) is 4.79 Å². The lowest BCUT2D eigenvalue weighted by molar-refractivity contribution is -0.117. The van der Waals surface area contributed by atoms with E-state index in [1.54, 1.807) is 13.2 Å². The molecule has 0 bridgehead atoms. The van der Waals surface area contributed by atoms with Gasteiger partial charge in [0, 0.05) is 20.6 Å². The standard InChI is InChI=1S/C12H10BrN3O2S/c1-14-10-6-4-7(13)9(5-8(6)16-11(10)17)19-12-15-2-3-18-12/h2-5,10,14H,1H3,(H,16,17). The third-order valence-electron chi connectivity index (χ3n) is 2.83. The van der Waals surface area contributed by atoms with Crippen molar-refractivity contribution in [1.82, 2.24) is 10.3 Å². The van der Waals surface area contributed by atoms with E-state index in [1.165, 1.54) is 18.0 Å². The number of aromatic nitrogens is 1. The topological polar surface area (TPSA) is 67.2 Å². The van der Waals surface area contributed by atoms with Crippen LogP contribution in [0.3, 0.4) is 0 Å². The Kier molecular flexibility index (Phi) is 3.34. The van der Waals surface area contributed by atoms with Crippen LogP contribution in [0.5, 0.6) is 0 Å². The van der Waals surface area contributed by atoms with Gasteiger partial charge in [0.05, 0.1) is 6.20 Å². The highest BCUT2D eigenvalue weighted by molar-refractivity contribution is 9.10. The summed E-state index contributed by atoms with van der Waals surface area (Å²) >= 11 is 4.92. The Bertz CT molecular complexity index is 630. The van der Waals surface area contributed by atoms with E-state index in [1.807, 2.05) is 12.1 Å². The highest BCUT2D eigenvalue weighted by atomic mass is 79.9. The number of hydrogen-bond donors (Lipinski definition) is 2. The molecule has 0 fully saturated rings. The molecular formula is C12H10BrN3O2S. The average molecular weight is 340 g/mol. The maximum atomic E-state index is 11.8. The number of halogens is 1. The van der Waals surface area contributed by atoms with Gasteiger partial charge in [-0.15, -0.1) is 0 Å². The fourth-order valence-electron chi connectivity index (χ4n) is 1.98. The minimum Gasteiger partial charge on any atom is -0.440 e. The van der Waals surface area contributed by atoms with E-state index in [9.17, 15) is 4.79 Å². The number of likely N-dealkylation sites (N-methyl/N-ethyl adjacent to an activating group) is 1. The van der Waals surface area contributed by atoms with Gasteiger partial charge in [-0.1, -0.05) is 0 Å². The summed E-state index contributed by atoms with van der Waals surface area (Å²) < 4.78 is 6.12. The molecule has 1 aliphatic rings. The Balaban J connectivity index is 1.97. The van der Waals surface area contributed by atoms with Crippen LogP contribution in [0.1, 0.15) is 11.6 Å². The summed E-state index contributed by atoms with van der Waals surface area (Å²) in [5.74, 6) is -0.0392. The molecule has 0 saturated carbocycles. The van der Waals surface area contributed by atoms with Crippen molar-refractivity contribution < 1.29 is 9.21 Å². The lowest BCUT2D eigenvalue weighted by Crippen LogP contribution is -2.23. The number of carbonyl (C=O) groups is 1. The lowest BCUT2D eigenvalue weighted by atomic mass is 10.1. The van der Waals surface area contributed by atoms with Crippen molar-refractivity contribution in [2.75, 3.05) is 12.4 Å². The second kappa shape index (κ2) is 4.99. The van der Waals surface area contributed by atoms with Crippen molar-refractivity contribution in [3.8, 4) is 0 Å². The van der Waals surface area contributed by atoms with Crippen LogP contribution in [-0.4, -0.2) is 17.9 Å². The molecule has 0 radical (unpaired) electrons. The quantitative estimate of drug-likeness (QED) is 0.899. The van der Waals surface area contributed by atoms with E-state index in [2.05, 4.69) is 31.5 Å². The van der Waals surface area contributed by atoms with Crippen LogP contribution < -0.4 is 10.6 Å². The van der Waals surface area contributed by atoms with Crippen molar-refractivity contribution in [1.29, 1.82) is 0 Å². The molecule has 1 unspecified atom stereocenters. The first-order valence-electron chi connectivity index (χ1n) is 5.58. The molecule has 19 heavy (non-hydrogen) atoms. The van der Waals surface area contributed by atoms with Crippen LogP contribution in [-0.2, 0) is 4.79 Å². The fourth-order valence-corrected chi connectivity index (χ4v) is 3.32. The summed E-state index contributed by atoms with van der Waals surface area (Å²) in [5.41, 5.74) is 1.76. The second-order valence-electron chi connectivity index (χ2n) is 3.98. The fraction of sp³-hybridized carbons (Fsp3) is 0.167. The Morgan fingerprint density at radius 3 is 3.05 bits per heavy atom. The normalized spacial score (nSPS) is 17.4. The SMILES string of the molecule is CNC1C(=O)Nc2cc(Sc3ncco3)c(Br)cc21. The van der Waals surface area contributed by atoms with Gasteiger partial charge in [0.1, 0.15) is 12.3 Å². The zero-order valence-corrected chi connectivity index (χ0v) is 12.3. The van der Waals surface area contributed by atoms with Crippen LogP contribution in [0.25, 0.3) is 0 Å². The van der Waals surface area contributed by atoms with E-state index < -0.39 is 0 Å². The molecule has 1 aromatic heterocycles. The first-order valence-corrected chi connectivity index (χ1v) is 7.19. The van der Waals surface area contributed by atoms with Gasteiger partial charge in [0.2, 0.25) is 5.91 Å². The number of anilines is 1. The van der Waals surface area contributed by atoms with Crippen LogP contribution in [0.4, 0.5) is 5.69 Å². The number of amides is 1. The molecule has 2 aromatic rings. The second-order valence-corrected chi connectivity index (χ2v) is 5.83. The van der Waals surface area contributed by atoms with E-state index >= 15 is 0 Å². The number of carbonyl (C=O) groups excluding carboxylic acids is 1. The molecule has 5 nitrogen and oxygen atoms in total. The van der Waals surface area contributed by atoms with Gasteiger partial charge in [-0.2, -0.15) is 0 Å². The molecule has 1 atom stereocenters. The van der Waals surface area contributed by atoms with Crippen LogP contribution >= 0.6 is 27.7 Å². The molecule has 2 N–H and O–H groups in total. The van der Waals surface area contributed by atoms with E-state index in [-0.39, 0.29) is 11.9 Å². The summed E-state index contributed by atoms with van der Waals surface area (Å²) in [6.07, 6.45) is 3.13. The number of nitrogens with one attached hydrogen (secondary N) is 2. The van der Waals surface area contributed by atoms with Crippen LogP contribution in [0, 0.1) is 0 Å². The molecule has 2 heterocycles. The summed E-state index contributed by atoms with van der Waals surface area (Å²) in [6, 6.07) is 3.57. The highest BCUT2D eigenvalue weighted by Gasteiger charge is 2.30. The number of rotatable bonds is 3. The van der Waals surface area contributed by atoms with Crippen molar-refractivity contribution in [3.05, 3.63) is 34.6 Å². The maximum Gasteiger partial charge on any atom is 0.260 e. The summed E-state index contributed by atoms with van der Waals surface area (Å²) in [7, 11) is 1.77. The maximum absolute atomic E-state index is 11.8. The largest absolute Gasteiger partial charge is 0.440 e. The summed E-state index contributed by atoms with van der Waals surface area (Å²) in [4.78, 5) is 16.8. The summed E-state index contributed by atoms with van der Waals surface area (Å²) in [6.45, 7) is 0. The monoisotopic (exact) mass is 339 g/mol. The Labute approximate surface area is 122 Å². The minimum atomic E-state index is -0.299. The first-order chi connectivity index (χ1) is 9.19. The van der Waals surface area contributed by atoms with Gasteiger partial charge in [0.25, 0.3) is 5.22 Å². The number of nitrogens with zero attached hydrogens (tertiary/aromatic N) is 1. The average Bonchev–Trinajstić information content (AvgIpc) is 2.97. The number of oxazole rings is 1. The molecular weight excluding hydrogens is 330 g/mol. The molecule has 0 saturated heterocycles. The van der Waals surface area contributed by atoms with Gasteiger partial charge in [-0.25, -0.2) is 4.98 Å². The molecule has 3 rings (SSSR count). The molecule has 1 amide bonds. The Hall–Kier alpha value is -1.31. The first kappa shape index (κ1) is 12.7. The van der Waals surface area contributed by atoms with E-state index in [4.69, 9.17) is 4.42 Å². The number of benzene rings is 1. The van der Waals surface area contributed by atoms with Gasteiger partial charge < -0.3 is 15.1 Å². The highest BCUT2D eigenvalue weighted by Crippen LogP contribution is 2.40. The minimum absolute atomic E-state index is 0.0392. The molecule has 1 aliphatic heterocycles.